The number of hydrogen-bond acceptors (Lipinski definition) is 2. The molecule has 0 aromatic heterocycles. The summed E-state index contributed by atoms with van der Waals surface area (Å²) in [6.45, 7) is 3.04. The van der Waals surface area contributed by atoms with Crippen molar-refractivity contribution in [2.75, 3.05) is 13.2 Å². The van der Waals surface area contributed by atoms with Crippen molar-refractivity contribution in [3.8, 4) is 0 Å². The molecule has 1 saturated heterocycles. The molecular weight excluding hydrogens is 243 g/mol. The van der Waals surface area contributed by atoms with Crippen LogP contribution >= 0.6 is 11.6 Å². The zero-order valence-electron chi connectivity index (χ0n) is 9.75. The molecule has 17 heavy (non-hydrogen) atoms. The first-order valence-electron chi connectivity index (χ1n) is 5.73. The van der Waals surface area contributed by atoms with Gasteiger partial charge in [0.2, 0.25) is 0 Å². The summed E-state index contributed by atoms with van der Waals surface area (Å²) in [4.78, 5) is 0. The predicted molar refractivity (Wildman–Crippen MR) is 64.7 cm³/mol. The fraction of sp³-hybridized carbons (Fsp3) is 0.538. The van der Waals surface area contributed by atoms with Crippen molar-refractivity contribution < 1.29 is 14.2 Å². The Kier molecular flexibility index (Phi) is 3.71. The topological polar surface area (TPSA) is 29.5 Å². The van der Waals surface area contributed by atoms with Crippen LogP contribution in [0.15, 0.2) is 18.2 Å². The highest BCUT2D eigenvalue weighted by molar-refractivity contribution is 6.30. The van der Waals surface area contributed by atoms with Gasteiger partial charge in [0.05, 0.1) is 17.2 Å². The van der Waals surface area contributed by atoms with Crippen LogP contribution in [-0.4, -0.2) is 23.9 Å². The van der Waals surface area contributed by atoms with E-state index in [9.17, 15) is 9.50 Å². The lowest BCUT2D eigenvalue weighted by Gasteiger charge is -2.29. The van der Waals surface area contributed by atoms with Gasteiger partial charge in [0.25, 0.3) is 0 Å². The Hall–Kier alpha value is -0.640. The third-order valence-corrected chi connectivity index (χ3v) is 3.66. The summed E-state index contributed by atoms with van der Waals surface area (Å²) in [7, 11) is 0. The fourth-order valence-corrected chi connectivity index (χ4v) is 2.35. The van der Waals surface area contributed by atoms with Crippen molar-refractivity contribution in [3.05, 3.63) is 34.6 Å². The van der Waals surface area contributed by atoms with Gasteiger partial charge in [-0.3, -0.25) is 0 Å². The molecule has 0 bridgehead atoms. The maximum Gasteiger partial charge on any atom is 0.142 e. The molecule has 2 unspecified atom stereocenters. The summed E-state index contributed by atoms with van der Waals surface area (Å²) in [5, 5.41) is 10.5. The molecule has 4 heteroatoms. The zero-order valence-corrected chi connectivity index (χ0v) is 10.5. The molecule has 1 aliphatic heterocycles. The van der Waals surface area contributed by atoms with E-state index in [0.29, 0.717) is 19.6 Å². The fourth-order valence-electron chi connectivity index (χ4n) is 2.23. The SMILES string of the molecule is CC(O)(Cc1ccc(Cl)c(F)c1)C1CCOC1. The van der Waals surface area contributed by atoms with Gasteiger partial charge in [0, 0.05) is 18.9 Å². The van der Waals surface area contributed by atoms with Crippen LogP contribution in [0.25, 0.3) is 0 Å². The second kappa shape index (κ2) is 4.92. The van der Waals surface area contributed by atoms with Crippen LogP contribution in [0, 0.1) is 11.7 Å². The Morgan fingerprint density at radius 1 is 1.59 bits per heavy atom. The normalized spacial score (nSPS) is 23.6. The van der Waals surface area contributed by atoms with Gasteiger partial charge >= 0.3 is 0 Å². The molecule has 1 fully saturated rings. The van der Waals surface area contributed by atoms with Crippen molar-refractivity contribution >= 4 is 11.6 Å². The van der Waals surface area contributed by atoms with E-state index in [-0.39, 0.29) is 10.9 Å². The monoisotopic (exact) mass is 258 g/mol. The van der Waals surface area contributed by atoms with Gasteiger partial charge in [-0.25, -0.2) is 4.39 Å². The van der Waals surface area contributed by atoms with Crippen LogP contribution in [0.4, 0.5) is 4.39 Å². The average Bonchev–Trinajstić information content (AvgIpc) is 2.77. The van der Waals surface area contributed by atoms with Crippen molar-refractivity contribution in [3.63, 3.8) is 0 Å². The molecule has 0 spiro atoms. The minimum atomic E-state index is -0.864. The third-order valence-electron chi connectivity index (χ3n) is 3.36. The molecule has 0 aliphatic carbocycles. The first kappa shape index (κ1) is 12.8. The van der Waals surface area contributed by atoms with E-state index in [1.165, 1.54) is 12.1 Å². The average molecular weight is 259 g/mol. The lowest BCUT2D eigenvalue weighted by Crippen LogP contribution is -2.37. The minimum absolute atomic E-state index is 0.109. The molecule has 1 aliphatic rings. The van der Waals surface area contributed by atoms with Crippen LogP contribution in [-0.2, 0) is 11.2 Å². The van der Waals surface area contributed by atoms with Crippen molar-refractivity contribution in [2.24, 2.45) is 5.92 Å². The highest BCUT2D eigenvalue weighted by Crippen LogP contribution is 2.29. The molecule has 2 atom stereocenters. The highest BCUT2D eigenvalue weighted by Gasteiger charge is 2.34. The third kappa shape index (κ3) is 2.97. The first-order chi connectivity index (χ1) is 7.99. The Morgan fingerprint density at radius 3 is 2.94 bits per heavy atom. The van der Waals surface area contributed by atoms with E-state index in [0.717, 1.165) is 12.0 Å². The standard InChI is InChI=1S/C13H16ClFO2/c1-13(16,10-4-5-17-8-10)7-9-2-3-11(14)12(15)6-9/h2-3,6,10,16H,4-5,7-8H2,1H3. The van der Waals surface area contributed by atoms with Gasteiger partial charge in [-0.2, -0.15) is 0 Å². The molecule has 1 aromatic rings. The molecule has 0 amide bonds. The van der Waals surface area contributed by atoms with Gasteiger partial charge in [-0.05, 0) is 31.0 Å². The number of rotatable bonds is 3. The molecule has 2 rings (SSSR count). The van der Waals surface area contributed by atoms with E-state index in [2.05, 4.69) is 0 Å². The molecule has 94 valence electrons. The van der Waals surface area contributed by atoms with Gasteiger partial charge < -0.3 is 9.84 Å². The van der Waals surface area contributed by atoms with Crippen LogP contribution in [0.3, 0.4) is 0 Å². The van der Waals surface area contributed by atoms with E-state index in [1.807, 2.05) is 0 Å². The summed E-state index contributed by atoms with van der Waals surface area (Å²) in [5.74, 6) is -0.330. The van der Waals surface area contributed by atoms with E-state index < -0.39 is 11.4 Å². The lowest BCUT2D eigenvalue weighted by molar-refractivity contribution is -0.00457. The van der Waals surface area contributed by atoms with Crippen molar-refractivity contribution in [1.82, 2.24) is 0 Å². The maximum absolute atomic E-state index is 13.3. The van der Waals surface area contributed by atoms with E-state index >= 15 is 0 Å². The minimum Gasteiger partial charge on any atom is -0.389 e. The largest absolute Gasteiger partial charge is 0.389 e. The summed E-state index contributed by atoms with van der Waals surface area (Å²) in [5.41, 5.74) is -0.111. The van der Waals surface area contributed by atoms with Gasteiger partial charge in [0.15, 0.2) is 0 Å². The molecule has 0 saturated carbocycles. The first-order valence-corrected chi connectivity index (χ1v) is 6.11. The molecule has 2 nitrogen and oxygen atoms in total. The predicted octanol–water partition coefficient (Wildman–Crippen LogP) is 2.81. The van der Waals surface area contributed by atoms with E-state index in [1.54, 1.807) is 13.0 Å². The number of hydrogen-bond donors (Lipinski definition) is 1. The molecule has 1 N–H and O–H groups in total. The van der Waals surface area contributed by atoms with Crippen LogP contribution in [0.2, 0.25) is 5.02 Å². The van der Waals surface area contributed by atoms with Crippen molar-refractivity contribution in [1.29, 1.82) is 0 Å². The van der Waals surface area contributed by atoms with E-state index in [4.69, 9.17) is 16.3 Å². The molecule has 1 aromatic carbocycles. The lowest BCUT2D eigenvalue weighted by atomic mass is 9.83. The summed E-state index contributed by atoms with van der Waals surface area (Å²) in [6.07, 6.45) is 1.26. The van der Waals surface area contributed by atoms with Crippen LogP contribution in [0.5, 0.6) is 0 Å². The molecular formula is C13H16ClFO2. The summed E-state index contributed by atoms with van der Waals surface area (Å²) < 4.78 is 18.6. The molecule has 1 heterocycles. The number of benzene rings is 1. The van der Waals surface area contributed by atoms with Gasteiger partial charge in [0.1, 0.15) is 5.82 Å². The second-order valence-electron chi connectivity index (χ2n) is 4.84. The number of ether oxygens (including phenoxy) is 1. The quantitative estimate of drug-likeness (QED) is 0.903. The van der Waals surface area contributed by atoms with Gasteiger partial charge in [-0.1, -0.05) is 17.7 Å². The summed E-state index contributed by atoms with van der Waals surface area (Å²) in [6, 6.07) is 4.65. The van der Waals surface area contributed by atoms with Crippen LogP contribution < -0.4 is 0 Å². The Labute approximate surface area is 105 Å². The number of aliphatic hydroxyl groups is 1. The molecule has 0 radical (unpaired) electrons. The van der Waals surface area contributed by atoms with Gasteiger partial charge in [-0.15, -0.1) is 0 Å². The Morgan fingerprint density at radius 2 is 2.35 bits per heavy atom. The Bertz CT molecular complexity index is 400. The smallest absolute Gasteiger partial charge is 0.142 e. The highest BCUT2D eigenvalue weighted by atomic mass is 35.5. The zero-order chi connectivity index (χ0) is 12.5. The van der Waals surface area contributed by atoms with Crippen molar-refractivity contribution in [2.45, 2.75) is 25.4 Å². The number of halogens is 2. The van der Waals surface area contributed by atoms with Crippen LogP contribution in [0.1, 0.15) is 18.9 Å². The Balaban J connectivity index is 2.10. The maximum atomic E-state index is 13.3. The second-order valence-corrected chi connectivity index (χ2v) is 5.25. The summed E-state index contributed by atoms with van der Waals surface area (Å²) >= 11 is 5.62.